The van der Waals surface area contributed by atoms with Crippen LogP contribution in [0.3, 0.4) is 0 Å². The fourth-order valence-corrected chi connectivity index (χ4v) is 10.1. The topological polar surface area (TPSA) is 203 Å². The first-order valence-electron chi connectivity index (χ1n) is 24.1. The van der Waals surface area contributed by atoms with E-state index < -0.39 is 41.3 Å². The van der Waals surface area contributed by atoms with Crippen LogP contribution < -0.4 is 9.47 Å². The summed E-state index contributed by atoms with van der Waals surface area (Å²) >= 11 is 0. The molecular formula is C54H69N3O11. The highest BCUT2D eigenvalue weighted by Gasteiger charge is 2.47. The van der Waals surface area contributed by atoms with Gasteiger partial charge in [-0.2, -0.15) is 0 Å². The van der Waals surface area contributed by atoms with E-state index in [1.165, 1.54) is 39.3 Å². The second-order valence-electron chi connectivity index (χ2n) is 20.2. The molecule has 0 aliphatic carbocycles. The van der Waals surface area contributed by atoms with E-state index in [1.54, 1.807) is 4.90 Å². The van der Waals surface area contributed by atoms with E-state index in [4.69, 9.17) is 13.9 Å². The van der Waals surface area contributed by atoms with Crippen LogP contribution in [0.2, 0.25) is 0 Å². The number of carbonyl (C=O) groups excluding carboxylic acids is 2. The molecule has 3 aromatic rings. The molecule has 14 heteroatoms. The number of carboxylic acid groups (broad SMARTS) is 1. The Bertz CT molecular complexity index is 2560. The standard InChI is InChI=1S/C54H69N3O11/c1-31(2)14-9-16-33(5)18-11-21-53(7)44(60)26-37-42(58)24-35-39(47(37)67-53)28-56(50(35)62)23-13-20-41(49-46(52(64)65)55-30-66-49)57-29-40-36(51(57)63)25-43(59)38-27-45(61)54(8,68-48(38)40)22-12-19-34(6)17-10-15-32(3)4/h14-15,18-19,24-25,30,41,44-45,58-61H,9-13,16-17,20-23,26-29H2,1-8H3,(H,64,65)/b33-18+,34-19+/t41-,44-,45-,53+,54+/m0/s1. The van der Waals surface area contributed by atoms with Crippen molar-refractivity contribution >= 4 is 17.8 Å². The van der Waals surface area contributed by atoms with Crippen molar-refractivity contribution in [3.05, 3.63) is 110 Å². The van der Waals surface area contributed by atoms with E-state index in [1.807, 2.05) is 13.8 Å². The maximum absolute atomic E-state index is 14.4. The van der Waals surface area contributed by atoms with E-state index in [2.05, 4.69) is 70.8 Å². The second kappa shape index (κ2) is 20.4. The van der Waals surface area contributed by atoms with Crippen LogP contribution in [0.1, 0.15) is 185 Å². The van der Waals surface area contributed by atoms with Crippen molar-refractivity contribution in [1.82, 2.24) is 14.8 Å². The molecule has 0 saturated carbocycles. The molecule has 4 aliphatic rings. The molecule has 2 aromatic carbocycles. The first-order valence-corrected chi connectivity index (χ1v) is 24.1. The number of benzene rings is 2. The van der Waals surface area contributed by atoms with Crippen LogP contribution in [-0.4, -0.2) is 88.1 Å². The van der Waals surface area contributed by atoms with Crippen molar-refractivity contribution in [3.63, 3.8) is 0 Å². The second-order valence-corrected chi connectivity index (χ2v) is 20.2. The van der Waals surface area contributed by atoms with Crippen LogP contribution in [-0.2, 0) is 25.9 Å². The summed E-state index contributed by atoms with van der Waals surface area (Å²) in [5, 5.41) is 55.2. The van der Waals surface area contributed by atoms with E-state index >= 15 is 0 Å². The lowest BCUT2D eigenvalue weighted by molar-refractivity contribution is -0.0599. The normalized spacial score (nSPS) is 22.5. The van der Waals surface area contributed by atoms with Gasteiger partial charge in [0, 0.05) is 41.6 Å². The molecule has 5 atom stereocenters. The first kappa shape index (κ1) is 50.0. The van der Waals surface area contributed by atoms with Gasteiger partial charge in [0.15, 0.2) is 17.8 Å². The molecule has 0 spiro atoms. The van der Waals surface area contributed by atoms with Crippen LogP contribution in [0.5, 0.6) is 23.0 Å². The highest BCUT2D eigenvalue weighted by molar-refractivity contribution is 6.01. The van der Waals surface area contributed by atoms with Gasteiger partial charge in [-0.25, -0.2) is 9.78 Å². The summed E-state index contributed by atoms with van der Waals surface area (Å²) in [5.41, 5.74) is 5.24. The number of rotatable bonds is 19. The Morgan fingerprint density at radius 1 is 0.750 bits per heavy atom. The van der Waals surface area contributed by atoms with Crippen molar-refractivity contribution in [1.29, 1.82) is 0 Å². The number of phenolic OH excluding ortho intramolecular Hbond substituents is 2. The van der Waals surface area contributed by atoms with Crippen molar-refractivity contribution in [2.75, 3.05) is 6.54 Å². The van der Waals surface area contributed by atoms with Gasteiger partial charge in [-0.1, -0.05) is 46.6 Å². The summed E-state index contributed by atoms with van der Waals surface area (Å²) in [6.45, 7) is 16.6. The molecule has 1 aromatic heterocycles. The number of carbonyl (C=O) groups is 3. The molecule has 0 bridgehead atoms. The third-order valence-corrected chi connectivity index (χ3v) is 14.3. The number of oxazole rings is 1. The van der Waals surface area contributed by atoms with Crippen LogP contribution in [0.25, 0.3) is 0 Å². The minimum absolute atomic E-state index is 0.00344. The van der Waals surface area contributed by atoms with Crippen LogP contribution >= 0.6 is 0 Å². The van der Waals surface area contributed by atoms with Crippen molar-refractivity contribution < 1.29 is 53.8 Å². The predicted molar refractivity (Wildman–Crippen MR) is 257 cm³/mol. The van der Waals surface area contributed by atoms with Gasteiger partial charge in [0.2, 0.25) is 0 Å². The van der Waals surface area contributed by atoms with E-state index in [0.717, 1.165) is 32.1 Å². The Balaban J connectivity index is 1.07. The average molecular weight is 936 g/mol. The fourth-order valence-electron chi connectivity index (χ4n) is 10.1. The quantitative estimate of drug-likeness (QED) is 0.0713. The third-order valence-electron chi connectivity index (χ3n) is 14.3. The number of phenols is 2. The lowest BCUT2D eigenvalue weighted by atomic mass is 9.84. The first-order chi connectivity index (χ1) is 32.2. The molecule has 0 fully saturated rings. The van der Waals surface area contributed by atoms with Gasteiger partial charge in [0.25, 0.3) is 11.8 Å². The van der Waals surface area contributed by atoms with E-state index in [9.17, 15) is 39.9 Å². The molecule has 0 saturated heterocycles. The highest BCUT2D eigenvalue weighted by atomic mass is 16.5. The minimum atomic E-state index is -1.33. The number of amides is 2. The Morgan fingerprint density at radius 3 is 1.75 bits per heavy atom. The molecule has 366 valence electrons. The van der Waals surface area contributed by atoms with Crippen LogP contribution in [0, 0.1) is 0 Å². The van der Waals surface area contributed by atoms with Gasteiger partial charge < -0.3 is 49.2 Å². The zero-order chi connectivity index (χ0) is 49.2. The summed E-state index contributed by atoms with van der Waals surface area (Å²) in [7, 11) is 0. The zero-order valence-corrected chi connectivity index (χ0v) is 40.9. The third kappa shape index (κ3) is 10.4. The number of aliphatic hydroxyl groups excluding tert-OH is 2. The molecule has 4 aliphatic heterocycles. The monoisotopic (exact) mass is 935 g/mol. The lowest BCUT2D eigenvalue weighted by Crippen LogP contribution is -2.49. The lowest BCUT2D eigenvalue weighted by Gasteiger charge is -2.41. The summed E-state index contributed by atoms with van der Waals surface area (Å²) in [5.74, 6) is -1.67. The van der Waals surface area contributed by atoms with Crippen LogP contribution in [0.4, 0.5) is 0 Å². The van der Waals surface area contributed by atoms with E-state index in [-0.39, 0.29) is 73.3 Å². The van der Waals surface area contributed by atoms with Crippen molar-refractivity contribution in [3.8, 4) is 23.0 Å². The molecule has 5 N–H and O–H groups in total. The van der Waals surface area contributed by atoms with Crippen molar-refractivity contribution in [2.24, 2.45) is 0 Å². The largest absolute Gasteiger partial charge is 0.508 e. The molecule has 7 rings (SSSR count). The highest BCUT2D eigenvalue weighted by Crippen LogP contribution is 2.49. The number of aliphatic hydroxyl groups is 2. The smallest absolute Gasteiger partial charge is 0.358 e. The fraction of sp³-hybridized carbons (Fsp3) is 0.519. The predicted octanol–water partition coefficient (Wildman–Crippen LogP) is 9.97. The molecule has 5 heterocycles. The maximum Gasteiger partial charge on any atom is 0.358 e. The number of aromatic hydroxyl groups is 2. The molecular weight excluding hydrogens is 867 g/mol. The number of aromatic carboxylic acids is 1. The van der Waals surface area contributed by atoms with Crippen molar-refractivity contribution in [2.45, 2.75) is 175 Å². The van der Waals surface area contributed by atoms with Crippen LogP contribution in [0.15, 0.2) is 69.5 Å². The van der Waals surface area contributed by atoms with Gasteiger partial charge in [-0.15, -0.1) is 0 Å². The van der Waals surface area contributed by atoms with Gasteiger partial charge in [-0.3, -0.25) is 9.59 Å². The molecule has 2 amide bonds. The maximum atomic E-state index is 14.4. The average Bonchev–Trinajstić information content (AvgIpc) is 3.97. The number of hydrogen-bond donors (Lipinski definition) is 5. The zero-order valence-electron chi connectivity index (χ0n) is 40.9. The Labute approximate surface area is 399 Å². The van der Waals surface area contributed by atoms with E-state index in [0.29, 0.717) is 71.4 Å². The SMILES string of the molecule is CC(C)=CCC/C(C)=C/CC[C@@]1(C)Oc2c(c(O)cc3c2CN(CCC[C@@H](c2ocnc2C(=O)O)N2Cc4c(cc(O)c5c4O[C@](C)(CC/C=C(\C)CCC=C(C)C)[C@@H](O)C5)C2=O)C3=O)C[C@@H]1O. The molecule has 14 nitrogen and oxygen atoms in total. The molecule has 0 radical (unpaired) electrons. The summed E-state index contributed by atoms with van der Waals surface area (Å²) < 4.78 is 19.0. The summed E-state index contributed by atoms with van der Waals surface area (Å²) in [4.78, 5) is 48.0. The number of hydrogen-bond acceptors (Lipinski definition) is 11. The Kier molecular flexibility index (Phi) is 15.0. The van der Waals surface area contributed by atoms with Gasteiger partial charge in [0.05, 0.1) is 42.5 Å². The Morgan fingerprint density at radius 2 is 1.25 bits per heavy atom. The molecule has 68 heavy (non-hydrogen) atoms. The summed E-state index contributed by atoms with van der Waals surface area (Å²) in [6.07, 6.45) is 14.9. The number of allylic oxidation sites excluding steroid dienone is 8. The number of nitrogens with zero attached hydrogens (tertiary/aromatic N) is 3. The molecule has 0 unspecified atom stereocenters. The number of fused-ring (bicyclic) bond motifs is 6. The number of carboxylic acids is 1. The van der Waals surface area contributed by atoms with Gasteiger partial charge >= 0.3 is 5.97 Å². The Hall–Kier alpha value is -5.86. The van der Waals surface area contributed by atoms with Gasteiger partial charge in [0.1, 0.15) is 34.2 Å². The van der Waals surface area contributed by atoms with Gasteiger partial charge in [-0.05, 0) is 132 Å². The minimum Gasteiger partial charge on any atom is -0.508 e. The number of ether oxygens (including phenoxy) is 2. The number of aromatic nitrogens is 1. The summed E-state index contributed by atoms with van der Waals surface area (Å²) in [6, 6.07) is 1.89.